The first-order chi connectivity index (χ1) is 38.6. The summed E-state index contributed by atoms with van der Waals surface area (Å²) in [6, 6.07) is 81.6. The molecule has 3 aromatic heterocycles. The van der Waals surface area contributed by atoms with Crippen molar-refractivity contribution in [1.29, 1.82) is 0 Å². The molecule has 0 saturated carbocycles. The third-order valence-corrected chi connectivity index (χ3v) is 16.8. The normalized spacial score (nSPS) is 12.8. The van der Waals surface area contributed by atoms with Crippen LogP contribution in [0.25, 0.3) is 60.5 Å². The van der Waals surface area contributed by atoms with E-state index in [0.717, 1.165) is 22.6 Å². The van der Waals surface area contributed by atoms with Gasteiger partial charge in [-0.05, 0) is 93.8 Å². The Labute approximate surface area is 486 Å². The van der Waals surface area contributed by atoms with Gasteiger partial charge in [-0.15, -0.1) is 11.5 Å². The van der Waals surface area contributed by atoms with Crippen molar-refractivity contribution in [2.24, 2.45) is 0 Å². The van der Waals surface area contributed by atoms with Crippen LogP contribution in [-0.2, 0) is 22.4 Å². The summed E-state index contributed by atoms with van der Waals surface area (Å²) in [6.45, 7) is 18.3. The molecule has 0 atom stereocenters. The summed E-state index contributed by atoms with van der Waals surface area (Å²) in [4.78, 5) is 4.95. The first-order valence-corrected chi connectivity index (χ1v) is 28.4. The van der Waals surface area contributed by atoms with E-state index in [-0.39, 0.29) is 29.1 Å². The molecule has 80 heavy (non-hydrogen) atoms. The Morgan fingerprint density at radius 2 is 0.900 bits per heavy atom. The van der Waals surface area contributed by atoms with Crippen molar-refractivity contribution in [3.05, 3.63) is 247 Å². The number of imidazole rings is 1. The topological polar surface area (TPSA) is 19.7 Å². The van der Waals surface area contributed by atoms with Crippen LogP contribution >= 0.6 is 0 Å². The summed E-state index contributed by atoms with van der Waals surface area (Å²) < 4.78 is 7.11. The number of benzene rings is 10. The molecule has 0 spiro atoms. The summed E-state index contributed by atoms with van der Waals surface area (Å²) in [6.07, 6.45) is 3.84. The van der Waals surface area contributed by atoms with Gasteiger partial charge in [-0.1, -0.05) is 258 Å². The zero-order valence-corrected chi connectivity index (χ0v) is 48.8. The van der Waals surface area contributed by atoms with Gasteiger partial charge >= 0.3 is 0 Å². The summed E-state index contributed by atoms with van der Waals surface area (Å²) in [5, 5.41) is 5.08. The van der Waals surface area contributed by atoms with Crippen LogP contribution in [0.4, 0.5) is 34.1 Å². The fraction of sp³-hybridized carbons (Fsp3) is 0.164. The van der Waals surface area contributed by atoms with Crippen molar-refractivity contribution in [2.75, 3.05) is 9.80 Å². The molecule has 7 heteroatoms. The Balaban J connectivity index is 0.000000159. The van der Waals surface area contributed by atoms with Crippen LogP contribution < -0.4 is 30.8 Å². The summed E-state index contributed by atoms with van der Waals surface area (Å²) in [5.41, 5.74) is 25.0. The van der Waals surface area contributed by atoms with Crippen LogP contribution in [0.2, 0.25) is 0 Å². The third-order valence-electron chi connectivity index (χ3n) is 16.8. The maximum absolute atomic E-state index is 4.12. The van der Waals surface area contributed by atoms with Gasteiger partial charge in [0.25, 0.3) is 6.33 Å². The van der Waals surface area contributed by atoms with Crippen molar-refractivity contribution in [1.82, 2.24) is 8.97 Å². The zero-order chi connectivity index (χ0) is 53.8. The van der Waals surface area contributed by atoms with E-state index >= 15 is 0 Å². The average Bonchev–Trinajstić information content (AvgIpc) is 4.33. The quantitative estimate of drug-likeness (QED) is 0.0858. The van der Waals surface area contributed by atoms with E-state index in [1.165, 1.54) is 111 Å². The molecule has 0 unspecified atom stereocenters. The molecule has 0 amide bonds. The van der Waals surface area contributed by atoms with Crippen LogP contribution in [0.1, 0.15) is 101 Å². The van der Waals surface area contributed by atoms with E-state index in [1.54, 1.807) is 0 Å². The number of anilines is 6. The predicted octanol–water partition coefficient (Wildman–Crippen LogP) is 16.9. The van der Waals surface area contributed by atoms with Crippen molar-refractivity contribution in [3.8, 4) is 11.4 Å². The number of aromatic nitrogens is 3. The van der Waals surface area contributed by atoms with Crippen molar-refractivity contribution in [3.63, 3.8) is 0 Å². The van der Waals surface area contributed by atoms with E-state index < -0.39 is 0 Å². The van der Waals surface area contributed by atoms with Gasteiger partial charge in [0.2, 0.25) is 0 Å². The number of fused-ring (bicyclic) bond motifs is 12. The molecule has 0 aliphatic carbocycles. The van der Waals surface area contributed by atoms with Gasteiger partial charge in [-0.2, -0.15) is 0 Å². The van der Waals surface area contributed by atoms with Gasteiger partial charge in [0.1, 0.15) is 0 Å². The Kier molecular flexibility index (Phi) is 13.0. The SMILES string of the molecule is CC(C)c1cccc(C(C)C)c1-n1[c-][n+](-c2c(C(C)C)cccc2C(C)C)c2ccccc21.[Au].[c-]1c2c3c(c4c5cccc6c7ccccc7n(c14)c65)N(c1ccccc1)c1ccccc1B3c1ccccc1N2c1ccccc1. The van der Waals surface area contributed by atoms with Gasteiger partial charge in [0.05, 0.1) is 27.9 Å². The van der Waals surface area contributed by atoms with Crippen molar-refractivity contribution >= 4 is 106 Å². The van der Waals surface area contributed by atoms with Crippen LogP contribution in [0.15, 0.2) is 212 Å². The van der Waals surface area contributed by atoms with Crippen LogP contribution in [0.5, 0.6) is 0 Å². The van der Waals surface area contributed by atoms with E-state index in [0.29, 0.717) is 23.7 Å². The third kappa shape index (κ3) is 7.82. The van der Waals surface area contributed by atoms with Crippen LogP contribution in [0.3, 0.4) is 0 Å². The summed E-state index contributed by atoms with van der Waals surface area (Å²) in [7, 11) is 0. The molecule has 0 N–H and O–H groups in total. The second-order valence-corrected chi connectivity index (χ2v) is 22.9. The van der Waals surface area contributed by atoms with Gasteiger partial charge in [-0.25, -0.2) is 0 Å². The largest absolute Gasteiger partial charge is 0.335 e. The molecule has 2 aliphatic rings. The zero-order valence-electron chi connectivity index (χ0n) is 46.6. The maximum atomic E-state index is 4.12. The fourth-order valence-corrected chi connectivity index (χ4v) is 13.4. The summed E-state index contributed by atoms with van der Waals surface area (Å²) >= 11 is 0. The molecule has 2 aliphatic heterocycles. The molecule has 5 heterocycles. The standard InChI is InChI=1S/C42H25BN3.C31H38N2.Au/c1-3-14-27(15-4-1)44-35-24-11-8-21-32(35)43-33-22-9-12-25-36(33)45(28-16-5-2-6-17-28)42-39-31-20-13-19-30-29-18-7-10-23-34(29)46(41(30)31)37(39)26-38(44)40(42)43;1-20(2)24-13-11-14-25(21(3)4)30(24)32-19-33(29-18-10-9-17-28(29)32)31-26(22(5)6)15-12-16-27(31)23(7)8;/h1-25H;9-18,20-23H,1-8H3;/q-1;;. The first-order valence-electron chi connectivity index (χ1n) is 28.4. The van der Waals surface area contributed by atoms with E-state index in [9.17, 15) is 0 Å². The molecule has 1 radical (unpaired) electrons. The number of hydrogen-bond donors (Lipinski definition) is 0. The summed E-state index contributed by atoms with van der Waals surface area (Å²) in [5.74, 6) is 1.71. The Morgan fingerprint density at radius 3 is 1.51 bits per heavy atom. The van der Waals surface area contributed by atoms with Gasteiger partial charge in [-0.3, -0.25) is 9.13 Å². The number of hydrogen-bond acceptors (Lipinski definition) is 2. The minimum atomic E-state index is 0. The minimum Gasteiger partial charge on any atom is -0.335 e. The van der Waals surface area contributed by atoms with E-state index in [2.05, 4.69) is 303 Å². The molecule has 395 valence electrons. The molecular weight excluding hydrogens is 1150 g/mol. The molecule has 10 aromatic carbocycles. The fourth-order valence-electron chi connectivity index (χ4n) is 13.4. The molecule has 5 nitrogen and oxygen atoms in total. The Bertz CT molecular complexity index is 4310. The van der Waals surface area contributed by atoms with Crippen molar-refractivity contribution < 1.29 is 26.9 Å². The number of rotatable bonds is 8. The second kappa shape index (κ2) is 20.2. The molecule has 0 fully saturated rings. The van der Waals surface area contributed by atoms with Gasteiger partial charge in [0, 0.05) is 61.4 Å². The van der Waals surface area contributed by atoms with E-state index in [1.807, 2.05) is 0 Å². The maximum Gasteiger partial charge on any atom is 0.269 e. The van der Waals surface area contributed by atoms with E-state index in [4.69, 9.17) is 0 Å². The first kappa shape index (κ1) is 51.3. The number of para-hydroxylation sites is 10. The smallest absolute Gasteiger partial charge is 0.269 e. The molecule has 13 aromatic rings. The predicted molar refractivity (Wildman–Crippen MR) is 334 cm³/mol. The van der Waals surface area contributed by atoms with Crippen molar-refractivity contribution in [2.45, 2.75) is 79.1 Å². The monoisotopic (exact) mass is 1220 g/mol. The van der Waals surface area contributed by atoms with Gasteiger partial charge in [0.15, 0.2) is 6.71 Å². The van der Waals surface area contributed by atoms with Crippen LogP contribution in [-0.4, -0.2) is 15.7 Å². The van der Waals surface area contributed by atoms with Gasteiger partial charge < -0.3 is 14.2 Å². The molecule has 0 saturated heterocycles. The Morgan fingerprint density at radius 1 is 0.425 bits per heavy atom. The second-order valence-electron chi connectivity index (χ2n) is 22.9. The van der Waals surface area contributed by atoms with Crippen LogP contribution in [0, 0.1) is 12.4 Å². The number of nitrogens with zero attached hydrogens (tertiary/aromatic N) is 5. The average molecular weight is 1220 g/mol. The Hall–Kier alpha value is -8.12. The molecule has 0 bridgehead atoms. The minimum absolute atomic E-state index is 0. The molecular formula is C73H63AuBN5-. The molecule has 15 rings (SSSR count).